The number of carboxylic acids is 1. The van der Waals surface area contributed by atoms with E-state index in [0.29, 0.717) is 37.5 Å². The van der Waals surface area contributed by atoms with E-state index in [9.17, 15) is 19.4 Å². The average Bonchev–Trinajstić information content (AvgIpc) is 2.76. The van der Waals surface area contributed by atoms with Gasteiger partial charge >= 0.3 is 5.97 Å². The summed E-state index contributed by atoms with van der Waals surface area (Å²) in [7, 11) is 0. The fourth-order valence-electron chi connectivity index (χ4n) is 4.66. The van der Waals surface area contributed by atoms with E-state index in [1.807, 2.05) is 6.07 Å². The Bertz CT molecular complexity index is 1160. The summed E-state index contributed by atoms with van der Waals surface area (Å²) in [6, 6.07) is 11.3. The monoisotopic (exact) mass is 437 g/mol. The van der Waals surface area contributed by atoms with Crippen molar-refractivity contribution in [2.24, 2.45) is 5.92 Å². The van der Waals surface area contributed by atoms with Crippen LogP contribution >= 0.6 is 0 Å². The first-order valence-electron chi connectivity index (χ1n) is 10.9. The third-order valence-corrected chi connectivity index (χ3v) is 6.53. The Morgan fingerprint density at radius 3 is 2.47 bits per heavy atom. The number of carbonyl (C=O) groups is 1. The van der Waals surface area contributed by atoms with Crippen molar-refractivity contribution in [3.8, 4) is 22.8 Å². The number of pyridine rings is 1. The maximum absolute atomic E-state index is 13.7. The summed E-state index contributed by atoms with van der Waals surface area (Å²) in [6.45, 7) is 1.23. The van der Waals surface area contributed by atoms with Crippen LogP contribution in [0, 0.1) is 11.7 Å². The molecule has 2 aliphatic rings. The fraction of sp³-hybridized carbons (Fsp3) is 0.360. The molecule has 1 saturated carbocycles. The summed E-state index contributed by atoms with van der Waals surface area (Å²) in [4.78, 5) is 16.3. The van der Waals surface area contributed by atoms with E-state index in [1.54, 1.807) is 24.3 Å². The molecule has 2 aromatic carbocycles. The summed E-state index contributed by atoms with van der Waals surface area (Å²) in [5, 5.41) is 20.4. The predicted molar refractivity (Wildman–Crippen MR) is 116 cm³/mol. The predicted octanol–water partition coefficient (Wildman–Crippen LogP) is 4.88. The lowest BCUT2D eigenvalue weighted by Crippen LogP contribution is -2.42. The van der Waals surface area contributed by atoms with E-state index < -0.39 is 18.0 Å². The minimum Gasteiger partial charge on any atom is -0.508 e. The van der Waals surface area contributed by atoms with Crippen LogP contribution in [-0.4, -0.2) is 40.5 Å². The largest absolute Gasteiger partial charge is 0.508 e. The van der Waals surface area contributed by atoms with Crippen molar-refractivity contribution >= 4 is 16.9 Å². The van der Waals surface area contributed by atoms with E-state index in [1.165, 1.54) is 12.1 Å². The number of ether oxygens (including phenoxy) is 2. The molecule has 0 radical (unpaired) electrons. The van der Waals surface area contributed by atoms with Gasteiger partial charge in [-0.25, -0.2) is 9.37 Å². The molecule has 1 aliphatic heterocycles. The van der Waals surface area contributed by atoms with Crippen LogP contribution in [0.5, 0.6) is 11.6 Å². The number of nitrogens with zero attached hydrogens (tertiary/aromatic N) is 1. The normalized spacial score (nSPS) is 21.3. The van der Waals surface area contributed by atoms with Crippen LogP contribution in [0.3, 0.4) is 0 Å². The maximum Gasteiger partial charge on any atom is 0.310 e. The summed E-state index contributed by atoms with van der Waals surface area (Å²) < 4.78 is 25.5. The molecule has 3 aromatic rings. The number of aromatic nitrogens is 1. The molecule has 2 unspecified atom stereocenters. The number of hydrogen-bond donors (Lipinski definition) is 2. The Balaban J connectivity index is 1.73. The molecule has 7 heteroatoms. The van der Waals surface area contributed by atoms with Crippen LogP contribution in [0.25, 0.3) is 22.0 Å². The third-order valence-electron chi connectivity index (χ3n) is 6.53. The lowest BCUT2D eigenvalue weighted by Gasteiger charge is -2.35. The zero-order valence-electron chi connectivity index (χ0n) is 17.5. The number of aliphatic carboxylic acids is 1. The summed E-state index contributed by atoms with van der Waals surface area (Å²) in [5.41, 5.74) is 3.14. The number of phenols is 1. The van der Waals surface area contributed by atoms with Crippen molar-refractivity contribution in [1.29, 1.82) is 0 Å². The Kier molecular flexibility index (Phi) is 5.43. The highest BCUT2D eigenvalue weighted by Gasteiger charge is 2.40. The Hall–Kier alpha value is -3.19. The fourth-order valence-corrected chi connectivity index (χ4v) is 4.66. The second-order valence-corrected chi connectivity index (χ2v) is 8.48. The molecular formula is C25H24FNO5. The molecule has 2 fully saturated rings. The molecule has 166 valence electrons. The van der Waals surface area contributed by atoms with Gasteiger partial charge in [0.05, 0.1) is 11.4 Å². The van der Waals surface area contributed by atoms with Crippen molar-refractivity contribution in [1.82, 2.24) is 4.98 Å². The number of fused-ring (bicyclic) bond motifs is 1. The van der Waals surface area contributed by atoms with Gasteiger partial charge in [0.2, 0.25) is 5.88 Å². The molecule has 0 bridgehead atoms. The number of carboxylic acid groups (broad SMARTS) is 1. The smallest absolute Gasteiger partial charge is 0.310 e. The highest BCUT2D eigenvalue weighted by molar-refractivity contribution is 5.98. The lowest BCUT2D eigenvalue weighted by atomic mass is 9.81. The molecular weight excluding hydrogens is 413 g/mol. The lowest BCUT2D eigenvalue weighted by molar-refractivity contribution is -0.150. The molecule has 32 heavy (non-hydrogen) atoms. The highest BCUT2D eigenvalue weighted by atomic mass is 19.1. The summed E-state index contributed by atoms with van der Waals surface area (Å²) in [6.07, 6.45) is 2.34. The minimum absolute atomic E-state index is 0.0758. The summed E-state index contributed by atoms with van der Waals surface area (Å²) in [5.74, 6) is -1.18. The molecule has 2 N–H and O–H groups in total. The molecule has 2 atom stereocenters. The van der Waals surface area contributed by atoms with Gasteiger partial charge in [-0.15, -0.1) is 0 Å². The quantitative estimate of drug-likeness (QED) is 0.591. The SMILES string of the molecule is O=C(O)C1CCC1Oc1nc2cc(O)ccc2c(-c2ccc(F)cc2)c1C1CCOCC1. The van der Waals surface area contributed by atoms with Crippen LogP contribution < -0.4 is 4.74 Å². The van der Waals surface area contributed by atoms with Gasteiger partial charge in [0, 0.05) is 30.2 Å². The van der Waals surface area contributed by atoms with Crippen LogP contribution in [0.2, 0.25) is 0 Å². The molecule has 5 rings (SSSR count). The van der Waals surface area contributed by atoms with E-state index in [4.69, 9.17) is 14.5 Å². The third kappa shape index (κ3) is 3.77. The first-order valence-corrected chi connectivity index (χ1v) is 10.9. The average molecular weight is 437 g/mol. The van der Waals surface area contributed by atoms with Gasteiger partial charge in [-0.3, -0.25) is 4.79 Å². The first kappa shape index (κ1) is 20.7. The Morgan fingerprint density at radius 2 is 1.81 bits per heavy atom. The molecule has 0 spiro atoms. The molecule has 0 amide bonds. The van der Waals surface area contributed by atoms with Gasteiger partial charge < -0.3 is 19.7 Å². The summed E-state index contributed by atoms with van der Waals surface area (Å²) >= 11 is 0. The van der Waals surface area contributed by atoms with Crippen molar-refractivity contribution in [3.63, 3.8) is 0 Å². The highest BCUT2D eigenvalue weighted by Crippen LogP contribution is 2.45. The number of hydrogen-bond acceptors (Lipinski definition) is 5. The van der Waals surface area contributed by atoms with Crippen molar-refractivity contribution in [3.05, 3.63) is 53.8 Å². The zero-order chi connectivity index (χ0) is 22.2. The molecule has 1 aromatic heterocycles. The van der Waals surface area contributed by atoms with E-state index in [-0.39, 0.29) is 17.5 Å². The number of benzene rings is 2. The van der Waals surface area contributed by atoms with Gasteiger partial charge in [-0.05, 0) is 67.0 Å². The van der Waals surface area contributed by atoms with E-state index in [0.717, 1.165) is 34.9 Å². The van der Waals surface area contributed by atoms with Crippen LogP contribution in [0.4, 0.5) is 4.39 Å². The Labute approximate surface area is 184 Å². The van der Waals surface area contributed by atoms with Crippen molar-refractivity contribution < 1.29 is 28.9 Å². The van der Waals surface area contributed by atoms with Crippen molar-refractivity contribution in [2.45, 2.75) is 37.7 Å². The number of phenolic OH excluding ortho intramolecular Hbond substituents is 1. The molecule has 1 saturated heterocycles. The van der Waals surface area contributed by atoms with E-state index >= 15 is 0 Å². The van der Waals surface area contributed by atoms with Crippen molar-refractivity contribution in [2.75, 3.05) is 13.2 Å². The van der Waals surface area contributed by atoms with Gasteiger partial charge in [-0.2, -0.15) is 0 Å². The van der Waals surface area contributed by atoms with Gasteiger partial charge in [0.1, 0.15) is 17.7 Å². The van der Waals surface area contributed by atoms with E-state index in [2.05, 4.69) is 0 Å². The maximum atomic E-state index is 13.7. The second-order valence-electron chi connectivity index (χ2n) is 8.48. The Morgan fingerprint density at radius 1 is 1.06 bits per heavy atom. The topological polar surface area (TPSA) is 88.9 Å². The molecule has 1 aliphatic carbocycles. The van der Waals surface area contributed by atoms with Gasteiger partial charge in [-0.1, -0.05) is 12.1 Å². The van der Waals surface area contributed by atoms with Crippen LogP contribution in [0.1, 0.15) is 37.2 Å². The second kappa shape index (κ2) is 8.39. The number of rotatable bonds is 5. The van der Waals surface area contributed by atoms with Gasteiger partial charge in [0.25, 0.3) is 0 Å². The standard InChI is InChI=1S/C25H24FNO5/c26-16-3-1-14(2-4-16)22-18-6-5-17(28)13-20(18)27-24(23(22)15-9-11-31-12-10-15)32-21-8-7-19(21)25(29)30/h1-6,13,15,19,21,28H,7-12H2,(H,29,30). The minimum atomic E-state index is -0.869. The molecule has 2 heterocycles. The number of aromatic hydroxyl groups is 1. The zero-order valence-corrected chi connectivity index (χ0v) is 17.5. The first-order chi connectivity index (χ1) is 15.5. The molecule has 6 nitrogen and oxygen atoms in total. The van der Waals surface area contributed by atoms with Crippen LogP contribution in [-0.2, 0) is 9.53 Å². The van der Waals surface area contributed by atoms with Gasteiger partial charge in [0.15, 0.2) is 0 Å². The van der Waals surface area contributed by atoms with Crippen LogP contribution in [0.15, 0.2) is 42.5 Å². The number of halogens is 1.